The Morgan fingerprint density at radius 1 is 1.15 bits per heavy atom. The first-order chi connectivity index (χ1) is 19.0. The van der Waals surface area contributed by atoms with E-state index in [0.29, 0.717) is 31.5 Å². The zero-order valence-electron chi connectivity index (χ0n) is 21.6. The number of ether oxygens (including phenoxy) is 1. The Morgan fingerprint density at radius 2 is 1.88 bits per heavy atom. The first kappa shape index (κ1) is 28.8. The van der Waals surface area contributed by atoms with Gasteiger partial charge in [-0.3, -0.25) is 0 Å². The lowest BCUT2D eigenvalue weighted by molar-refractivity contribution is -0.192. The quantitative estimate of drug-likeness (QED) is 0.352. The van der Waals surface area contributed by atoms with Gasteiger partial charge < -0.3 is 35.2 Å². The normalized spacial score (nSPS) is 15.6. The maximum absolute atomic E-state index is 10.6. The molecule has 1 saturated heterocycles. The van der Waals surface area contributed by atoms with Crippen molar-refractivity contribution in [3.8, 4) is 17.0 Å². The van der Waals surface area contributed by atoms with Crippen LogP contribution in [0, 0.1) is 0 Å². The average molecular weight is 563 g/mol. The molecule has 2 aliphatic heterocycles. The topological polar surface area (TPSA) is 144 Å². The van der Waals surface area contributed by atoms with Crippen molar-refractivity contribution in [2.24, 2.45) is 0 Å². The summed E-state index contributed by atoms with van der Waals surface area (Å²) in [4.78, 5) is 27.5. The van der Waals surface area contributed by atoms with Gasteiger partial charge in [-0.1, -0.05) is 12.1 Å². The number of halogens is 3. The van der Waals surface area contributed by atoms with Crippen molar-refractivity contribution in [1.29, 1.82) is 0 Å². The van der Waals surface area contributed by atoms with E-state index in [1.807, 2.05) is 24.3 Å². The molecule has 4 heterocycles. The highest BCUT2D eigenvalue weighted by Crippen LogP contribution is 2.40. The number of carboxylic acids is 1. The first-order valence-corrected chi connectivity index (χ1v) is 12.5. The minimum absolute atomic E-state index is 0.214. The molecule has 0 aliphatic carbocycles. The minimum atomic E-state index is -5.08. The molecule has 214 valence electrons. The molecule has 1 atom stereocenters. The fraction of sp³-hybridized carbons (Fsp3) is 0.385. The summed E-state index contributed by atoms with van der Waals surface area (Å²) in [5.74, 6) is -0.295. The number of aromatic hydroxyl groups is 1. The number of aromatic nitrogens is 3. The van der Waals surface area contributed by atoms with Crippen LogP contribution in [0.25, 0.3) is 11.3 Å². The summed E-state index contributed by atoms with van der Waals surface area (Å²) < 4.78 is 37.3. The van der Waals surface area contributed by atoms with E-state index in [2.05, 4.69) is 20.1 Å². The van der Waals surface area contributed by atoms with Crippen LogP contribution in [0.5, 0.6) is 5.75 Å². The second kappa shape index (κ2) is 12.3. The van der Waals surface area contributed by atoms with Crippen molar-refractivity contribution in [2.75, 3.05) is 54.5 Å². The fourth-order valence-corrected chi connectivity index (χ4v) is 4.23. The number of aliphatic carboxylic acids is 1. The van der Waals surface area contributed by atoms with Crippen LogP contribution in [0.15, 0.2) is 42.6 Å². The number of nitrogens with zero attached hydrogens (tertiary/aromatic N) is 5. The summed E-state index contributed by atoms with van der Waals surface area (Å²) in [7, 11) is 0. The van der Waals surface area contributed by atoms with Gasteiger partial charge in [-0.2, -0.15) is 18.2 Å². The van der Waals surface area contributed by atoms with Crippen molar-refractivity contribution in [1.82, 2.24) is 15.0 Å². The molecule has 40 heavy (non-hydrogen) atoms. The second-order valence-corrected chi connectivity index (χ2v) is 9.16. The van der Waals surface area contributed by atoms with Gasteiger partial charge in [-0.25, -0.2) is 14.8 Å². The molecule has 2 aliphatic rings. The number of rotatable bonds is 6. The Labute approximate surface area is 227 Å². The Kier molecular flexibility index (Phi) is 8.90. The van der Waals surface area contributed by atoms with Crippen molar-refractivity contribution >= 4 is 29.2 Å². The highest BCUT2D eigenvalue weighted by Gasteiger charge is 2.38. The van der Waals surface area contributed by atoms with Crippen molar-refractivity contribution < 1.29 is 38.0 Å². The summed E-state index contributed by atoms with van der Waals surface area (Å²) in [6, 6.07) is 11.2. The van der Waals surface area contributed by atoms with Gasteiger partial charge in [-0.15, -0.1) is 0 Å². The number of nitrogens with one attached hydrogen (secondary N) is 1. The highest BCUT2D eigenvalue weighted by atomic mass is 19.4. The van der Waals surface area contributed by atoms with Crippen LogP contribution in [0.1, 0.15) is 12.5 Å². The molecule has 0 amide bonds. The molecule has 5 rings (SSSR count). The molecule has 0 radical (unpaired) electrons. The van der Waals surface area contributed by atoms with Gasteiger partial charge in [-0.05, 0) is 31.5 Å². The van der Waals surface area contributed by atoms with E-state index in [9.17, 15) is 23.4 Å². The summed E-state index contributed by atoms with van der Waals surface area (Å²) in [5.41, 5.74) is 3.76. The van der Waals surface area contributed by atoms with E-state index < -0.39 is 18.2 Å². The predicted molar refractivity (Wildman–Crippen MR) is 141 cm³/mol. The van der Waals surface area contributed by atoms with E-state index in [-0.39, 0.29) is 5.75 Å². The molecule has 4 N–H and O–H groups in total. The summed E-state index contributed by atoms with van der Waals surface area (Å²) in [5, 5.41) is 30.0. The lowest BCUT2D eigenvalue weighted by Gasteiger charge is -2.28. The predicted octanol–water partition coefficient (Wildman–Crippen LogP) is 3.20. The Bertz CT molecular complexity index is 1330. The van der Waals surface area contributed by atoms with E-state index in [1.54, 1.807) is 25.3 Å². The number of phenolic OH excluding ortho intramolecular Hbond substituents is 1. The van der Waals surface area contributed by atoms with E-state index >= 15 is 0 Å². The van der Waals surface area contributed by atoms with Crippen molar-refractivity contribution in [3.63, 3.8) is 0 Å². The fourth-order valence-electron chi connectivity index (χ4n) is 4.23. The number of morpholine rings is 1. The number of hydrogen-bond donors (Lipinski definition) is 4. The minimum Gasteiger partial charge on any atom is -0.508 e. The monoisotopic (exact) mass is 562 g/mol. The van der Waals surface area contributed by atoms with Crippen LogP contribution in [0.3, 0.4) is 0 Å². The number of alkyl halides is 3. The van der Waals surface area contributed by atoms with Crippen LogP contribution >= 0.6 is 0 Å². The van der Waals surface area contributed by atoms with Crippen molar-refractivity contribution in [3.05, 3.63) is 48.2 Å². The van der Waals surface area contributed by atoms with Crippen LogP contribution in [0.2, 0.25) is 0 Å². The number of carbonyl (C=O) groups is 1. The first-order valence-electron chi connectivity index (χ1n) is 12.5. The molecule has 2 aromatic heterocycles. The number of anilines is 4. The molecular formula is C26H29F3N6O5. The molecule has 3 aromatic rings. The van der Waals surface area contributed by atoms with Crippen LogP contribution < -0.4 is 15.1 Å². The van der Waals surface area contributed by atoms with Crippen LogP contribution in [-0.4, -0.2) is 87.9 Å². The third kappa shape index (κ3) is 7.07. The van der Waals surface area contributed by atoms with Gasteiger partial charge >= 0.3 is 12.1 Å². The van der Waals surface area contributed by atoms with Crippen molar-refractivity contribution in [2.45, 2.75) is 25.6 Å². The summed E-state index contributed by atoms with van der Waals surface area (Å²) >= 11 is 0. The van der Waals surface area contributed by atoms with Gasteiger partial charge in [0.25, 0.3) is 0 Å². The molecule has 0 bridgehead atoms. The molecule has 0 saturated carbocycles. The second-order valence-electron chi connectivity index (χ2n) is 9.16. The molecule has 14 heteroatoms. The van der Waals surface area contributed by atoms with Gasteiger partial charge in [0.15, 0.2) is 0 Å². The Balaban J connectivity index is 0.000000470. The SMILES string of the molecule is CC(O)CNc1cc(N2CCc3c(-c4cccc(O)c4)nc(N4CCOCC4)nc32)ccn1.O=C(O)C(F)(F)F. The molecule has 1 unspecified atom stereocenters. The standard InChI is InChI=1S/C24H28N6O3.C2HF3O2/c1-16(31)15-26-21-14-18(5-7-25-21)30-8-6-20-22(17-3-2-4-19(32)13-17)27-24(28-23(20)30)29-9-11-33-12-10-29;3-2(4,5)1(6)7/h2-5,7,13-14,16,31-32H,6,8-12,15H2,1H3,(H,25,26);(H,6,7). The van der Waals surface area contributed by atoms with E-state index in [1.165, 1.54) is 0 Å². The Morgan fingerprint density at radius 3 is 2.52 bits per heavy atom. The third-order valence-corrected chi connectivity index (χ3v) is 6.10. The molecule has 0 spiro atoms. The smallest absolute Gasteiger partial charge is 0.490 e. The molecule has 11 nitrogen and oxygen atoms in total. The number of carboxylic acid groups (broad SMARTS) is 1. The number of phenols is 1. The number of pyridine rings is 1. The average Bonchev–Trinajstić information content (AvgIpc) is 3.36. The Hall–Kier alpha value is -4.17. The molecule has 1 fully saturated rings. The maximum atomic E-state index is 10.6. The number of benzene rings is 1. The zero-order valence-corrected chi connectivity index (χ0v) is 21.6. The van der Waals surface area contributed by atoms with E-state index in [4.69, 9.17) is 24.6 Å². The number of hydrogen-bond acceptors (Lipinski definition) is 10. The number of fused-ring (bicyclic) bond motifs is 1. The summed E-state index contributed by atoms with van der Waals surface area (Å²) in [6.45, 7) is 5.70. The number of aliphatic hydroxyl groups excluding tert-OH is 1. The maximum Gasteiger partial charge on any atom is 0.490 e. The highest BCUT2D eigenvalue weighted by molar-refractivity contribution is 5.78. The van der Waals surface area contributed by atoms with Gasteiger partial charge in [0.05, 0.1) is 25.0 Å². The summed E-state index contributed by atoms with van der Waals surface area (Å²) in [6.07, 6.45) is -2.99. The van der Waals surface area contributed by atoms with E-state index in [0.717, 1.165) is 54.4 Å². The largest absolute Gasteiger partial charge is 0.508 e. The van der Waals surface area contributed by atoms with Gasteiger partial charge in [0.1, 0.15) is 17.4 Å². The van der Waals surface area contributed by atoms with Crippen LogP contribution in [0.4, 0.5) is 36.4 Å². The van der Waals surface area contributed by atoms with Gasteiger partial charge in [0.2, 0.25) is 5.95 Å². The lowest BCUT2D eigenvalue weighted by Crippen LogP contribution is -2.37. The number of aliphatic hydroxyl groups is 1. The molecular weight excluding hydrogens is 533 g/mol. The molecule has 1 aromatic carbocycles. The zero-order chi connectivity index (χ0) is 28.9. The van der Waals surface area contributed by atoms with Gasteiger partial charge in [0, 0.05) is 55.3 Å². The lowest BCUT2D eigenvalue weighted by atomic mass is 10.1. The third-order valence-electron chi connectivity index (χ3n) is 6.10. The van der Waals surface area contributed by atoms with Crippen LogP contribution in [-0.2, 0) is 16.0 Å².